The lowest BCUT2D eigenvalue weighted by Crippen LogP contribution is -2.40. The number of nitrogens with zero attached hydrogens (tertiary/aromatic N) is 4. The van der Waals surface area contributed by atoms with Crippen molar-refractivity contribution >= 4 is 16.6 Å². The van der Waals surface area contributed by atoms with Crippen LogP contribution in [0, 0.1) is 12.8 Å². The van der Waals surface area contributed by atoms with Gasteiger partial charge in [0.05, 0.1) is 19.5 Å². The number of fused-ring (bicyclic) bond motifs is 1. The highest BCUT2D eigenvalue weighted by atomic mass is 16.5. The van der Waals surface area contributed by atoms with Gasteiger partial charge >= 0.3 is 0 Å². The highest BCUT2D eigenvalue weighted by Gasteiger charge is 2.28. The van der Waals surface area contributed by atoms with Crippen molar-refractivity contribution in [2.75, 3.05) is 25.1 Å². The van der Waals surface area contributed by atoms with Crippen LogP contribution in [0.2, 0.25) is 0 Å². The van der Waals surface area contributed by atoms with Crippen LogP contribution in [0.5, 0.6) is 5.75 Å². The lowest BCUT2D eigenvalue weighted by atomic mass is 9.92. The van der Waals surface area contributed by atoms with Gasteiger partial charge in [-0.25, -0.2) is 9.97 Å². The molecule has 0 radical (unpaired) electrons. The Bertz CT molecular complexity index is 875. The number of methoxy groups -OCH3 is 1. The van der Waals surface area contributed by atoms with E-state index < -0.39 is 0 Å². The van der Waals surface area contributed by atoms with Crippen LogP contribution < -0.4 is 9.64 Å². The van der Waals surface area contributed by atoms with Gasteiger partial charge in [0.1, 0.15) is 11.3 Å². The molecule has 0 bridgehead atoms. The molecular weight excluding hydrogens is 312 g/mol. The minimum atomic E-state index is 0.436. The number of hydrogen-bond acceptors (Lipinski definition) is 4. The third kappa shape index (κ3) is 2.84. The Morgan fingerprint density at radius 1 is 1.28 bits per heavy atom. The van der Waals surface area contributed by atoms with E-state index in [1.165, 1.54) is 5.69 Å². The molecule has 2 aromatic heterocycles. The molecule has 1 aliphatic heterocycles. The van der Waals surface area contributed by atoms with E-state index in [9.17, 15) is 0 Å². The van der Waals surface area contributed by atoms with Gasteiger partial charge in [0.25, 0.3) is 0 Å². The number of imidazole rings is 1. The van der Waals surface area contributed by atoms with Gasteiger partial charge in [-0.2, -0.15) is 0 Å². The molecule has 2 unspecified atom stereocenters. The largest absolute Gasteiger partial charge is 0.494 e. The molecule has 130 valence electrons. The van der Waals surface area contributed by atoms with Crippen molar-refractivity contribution in [3.05, 3.63) is 48.7 Å². The van der Waals surface area contributed by atoms with E-state index in [1.54, 1.807) is 7.11 Å². The van der Waals surface area contributed by atoms with Gasteiger partial charge in [-0.3, -0.25) is 0 Å². The second kappa shape index (κ2) is 6.39. The summed E-state index contributed by atoms with van der Waals surface area (Å²) < 4.78 is 7.77. The molecule has 1 aromatic carbocycles. The fourth-order valence-corrected chi connectivity index (χ4v) is 3.88. The second-order valence-corrected chi connectivity index (χ2v) is 6.93. The predicted octanol–water partition coefficient (Wildman–Crippen LogP) is 3.84. The minimum absolute atomic E-state index is 0.436. The number of aromatic nitrogens is 3. The minimum Gasteiger partial charge on any atom is -0.494 e. The maximum Gasteiger partial charge on any atom is 0.145 e. The first kappa shape index (κ1) is 15.9. The van der Waals surface area contributed by atoms with Gasteiger partial charge in [0, 0.05) is 42.3 Å². The molecule has 4 rings (SSSR count). The van der Waals surface area contributed by atoms with E-state index in [-0.39, 0.29) is 0 Å². The number of rotatable bonds is 3. The summed E-state index contributed by atoms with van der Waals surface area (Å²) in [6.45, 7) is 6.42. The van der Waals surface area contributed by atoms with Crippen LogP contribution in [0.25, 0.3) is 10.9 Å². The summed E-state index contributed by atoms with van der Waals surface area (Å²) in [4.78, 5) is 11.4. The normalized spacial score (nSPS) is 20.8. The zero-order chi connectivity index (χ0) is 17.4. The predicted molar refractivity (Wildman–Crippen MR) is 100 cm³/mol. The van der Waals surface area contributed by atoms with E-state index in [4.69, 9.17) is 9.72 Å². The Kier molecular flexibility index (Phi) is 4.07. The van der Waals surface area contributed by atoms with Crippen LogP contribution in [0.15, 0.2) is 43.0 Å². The molecule has 5 heteroatoms. The smallest absolute Gasteiger partial charge is 0.145 e. The first-order valence-corrected chi connectivity index (χ1v) is 8.84. The number of pyridine rings is 1. The fraction of sp³-hybridized carbons (Fsp3) is 0.400. The zero-order valence-corrected chi connectivity index (χ0v) is 15.0. The molecule has 1 aliphatic rings. The van der Waals surface area contributed by atoms with E-state index in [1.807, 2.05) is 24.7 Å². The van der Waals surface area contributed by atoms with Gasteiger partial charge < -0.3 is 14.2 Å². The molecule has 0 saturated carbocycles. The Balaban J connectivity index is 1.76. The van der Waals surface area contributed by atoms with E-state index in [0.717, 1.165) is 41.9 Å². The summed E-state index contributed by atoms with van der Waals surface area (Å²) in [6.07, 6.45) is 7.03. The molecule has 0 amide bonds. The van der Waals surface area contributed by atoms with Crippen LogP contribution in [0.4, 0.5) is 5.69 Å². The Morgan fingerprint density at radius 3 is 2.92 bits per heavy atom. The summed E-state index contributed by atoms with van der Waals surface area (Å²) in [5, 5.41) is 1.16. The monoisotopic (exact) mass is 336 g/mol. The first-order valence-electron chi connectivity index (χ1n) is 8.84. The third-order valence-electron chi connectivity index (χ3n) is 5.30. The summed E-state index contributed by atoms with van der Waals surface area (Å²) in [6, 6.07) is 8.80. The number of benzene rings is 1. The molecule has 3 heterocycles. The number of ether oxygens (including phenoxy) is 1. The van der Waals surface area contributed by atoms with Crippen molar-refractivity contribution in [3.63, 3.8) is 0 Å². The summed E-state index contributed by atoms with van der Waals surface area (Å²) in [7, 11) is 1.70. The summed E-state index contributed by atoms with van der Waals surface area (Å²) in [5.74, 6) is 1.47. The molecular formula is C20H24N4O. The molecule has 3 aromatic rings. The Labute approximate surface area is 148 Å². The van der Waals surface area contributed by atoms with Crippen molar-refractivity contribution in [3.8, 4) is 5.75 Å². The molecule has 0 N–H and O–H groups in total. The Morgan fingerprint density at radius 2 is 2.16 bits per heavy atom. The topological polar surface area (TPSA) is 43.2 Å². The number of piperidine rings is 1. The van der Waals surface area contributed by atoms with Gasteiger partial charge in [-0.1, -0.05) is 19.1 Å². The standard InChI is InChI=1S/C20H24N4O/c1-14-7-9-23(12-18(14)24-10-8-21-13-24)17-11-15(2)22-20-16(17)5-4-6-19(20)25-3/h4-6,8,10-11,13-14,18H,7,9,12H2,1-3H3. The maximum absolute atomic E-state index is 5.53. The highest BCUT2D eigenvalue weighted by Crippen LogP contribution is 2.36. The SMILES string of the molecule is COc1cccc2c(N3CCC(C)C(n4ccnc4)C3)cc(C)nc12. The molecule has 0 spiro atoms. The van der Waals surface area contributed by atoms with E-state index >= 15 is 0 Å². The average Bonchev–Trinajstić information content (AvgIpc) is 3.15. The van der Waals surface area contributed by atoms with Gasteiger partial charge in [0.15, 0.2) is 0 Å². The van der Waals surface area contributed by atoms with E-state index in [2.05, 4.69) is 46.6 Å². The molecule has 2 atom stereocenters. The highest BCUT2D eigenvalue weighted by molar-refractivity contribution is 5.95. The zero-order valence-electron chi connectivity index (χ0n) is 15.0. The van der Waals surface area contributed by atoms with Gasteiger partial charge in [-0.05, 0) is 31.4 Å². The fourth-order valence-electron chi connectivity index (χ4n) is 3.88. The van der Waals surface area contributed by atoms with Crippen molar-refractivity contribution in [1.29, 1.82) is 0 Å². The van der Waals surface area contributed by atoms with E-state index in [0.29, 0.717) is 12.0 Å². The van der Waals surface area contributed by atoms with Crippen molar-refractivity contribution < 1.29 is 4.74 Å². The molecule has 0 aliphatic carbocycles. The van der Waals surface area contributed by atoms with Crippen molar-refractivity contribution in [1.82, 2.24) is 14.5 Å². The van der Waals surface area contributed by atoms with Crippen LogP contribution in [-0.2, 0) is 0 Å². The Hall–Kier alpha value is -2.56. The third-order valence-corrected chi connectivity index (χ3v) is 5.30. The average molecular weight is 336 g/mol. The van der Waals surface area contributed by atoms with Crippen molar-refractivity contribution in [2.45, 2.75) is 26.3 Å². The molecule has 5 nitrogen and oxygen atoms in total. The quantitative estimate of drug-likeness (QED) is 0.729. The number of anilines is 1. The number of hydrogen-bond donors (Lipinski definition) is 0. The first-order chi connectivity index (χ1) is 12.2. The molecule has 25 heavy (non-hydrogen) atoms. The van der Waals surface area contributed by atoms with Gasteiger partial charge in [-0.15, -0.1) is 0 Å². The maximum atomic E-state index is 5.53. The number of aryl methyl sites for hydroxylation is 1. The lowest BCUT2D eigenvalue weighted by Gasteiger charge is -2.39. The van der Waals surface area contributed by atoms with Crippen LogP contribution in [0.1, 0.15) is 25.1 Å². The molecule has 1 saturated heterocycles. The lowest BCUT2D eigenvalue weighted by molar-refractivity contribution is 0.299. The summed E-state index contributed by atoms with van der Waals surface area (Å²) >= 11 is 0. The number of para-hydroxylation sites is 1. The van der Waals surface area contributed by atoms with Crippen LogP contribution >= 0.6 is 0 Å². The molecule has 1 fully saturated rings. The van der Waals surface area contributed by atoms with Gasteiger partial charge in [0.2, 0.25) is 0 Å². The van der Waals surface area contributed by atoms with Crippen LogP contribution in [-0.4, -0.2) is 34.7 Å². The van der Waals surface area contributed by atoms with Crippen molar-refractivity contribution in [2.24, 2.45) is 5.92 Å². The van der Waals surface area contributed by atoms with Crippen LogP contribution in [0.3, 0.4) is 0 Å². The second-order valence-electron chi connectivity index (χ2n) is 6.93. The summed E-state index contributed by atoms with van der Waals surface area (Å²) in [5.41, 5.74) is 3.21.